The van der Waals surface area contributed by atoms with Crippen molar-refractivity contribution >= 4 is 11.9 Å². The average molecular weight is 477 g/mol. The molecule has 0 amide bonds. The molecule has 7 nitrogen and oxygen atoms in total. The van der Waals surface area contributed by atoms with E-state index in [-0.39, 0.29) is 46.4 Å². The molecule has 1 spiro atoms. The van der Waals surface area contributed by atoms with Gasteiger partial charge in [-0.3, -0.25) is 9.59 Å². The Morgan fingerprint density at radius 3 is 2.65 bits per heavy atom. The van der Waals surface area contributed by atoms with Crippen LogP contribution in [0.2, 0.25) is 0 Å². The van der Waals surface area contributed by atoms with Crippen LogP contribution in [0.5, 0.6) is 0 Å². The topological polar surface area (TPSA) is 91.3 Å². The fraction of sp³-hybridized carbons (Fsp3) is 0.926. The van der Waals surface area contributed by atoms with Gasteiger partial charge in [0.2, 0.25) is 6.29 Å². The normalized spacial score (nSPS) is 55.8. The average Bonchev–Trinajstić information content (AvgIpc) is 3.22. The van der Waals surface area contributed by atoms with Gasteiger partial charge in [-0.1, -0.05) is 27.2 Å². The van der Waals surface area contributed by atoms with Gasteiger partial charge in [0.1, 0.15) is 0 Å². The van der Waals surface area contributed by atoms with E-state index in [0.717, 1.165) is 38.5 Å². The van der Waals surface area contributed by atoms with Crippen LogP contribution in [0, 0.1) is 39.9 Å². The lowest BCUT2D eigenvalue weighted by molar-refractivity contribution is -0.226. The summed E-state index contributed by atoms with van der Waals surface area (Å²) in [5.74, 6) is 1.00. The Bertz CT molecular complexity index is 890. The first-order valence-corrected chi connectivity index (χ1v) is 13.4. The maximum absolute atomic E-state index is 12.0. The number of rotatable bonds is 2. The smallest absolute Gasteiger partial charge is 0.311 e. The predicted octanol–water partition coefficient (Wildman–Crippen LogP) is 3.95. The third kappa shape index (κ3) is 2.98. The largest absolute Gasteiger partial charge is 0.465 e. The highest BCUT2D eigenvalue weighted by Crippen LogP contribution is 2.71. The van der Waals surface area contributed by atoms with Crippen molar-refractivity contribution in [3.63, 3.8) is 0 Å². The number of esters is 2. The van der Waals surface area contributed by atoms with Crippen LogP contribution < -0.4 is 0 Å². The molecule has 3 saturated carbocycles. The summed E-state index contributed by atoms with van der Waals surface area (Å²) in [6.07, 6.45) is 6.55. The van der Waals surface area contributed by atoms with E-state index < -0.39 is 24.3 Å². The second-order valence-corrected chi connectivity index (χ2v) is 13.1. The van der Waals surface area contributed by atoms with Crippen LogP contribution in [0.15, 0.2) is 0 Å². The summed E-state index contributed by atoms with van der Waals surface area (Å²) in [5.41, 5.74) is -0.781. The third-order valence-electron chi connectivity index (χ3n) is 11.5. The fourth-order valence-electron chi connectivity index (χ4n) is 10.0. The number of hydrogen-bond donors (Lipinski definition) is 1. The van der Waals surface area contributed by atoms with Crippen LogP contribution in [-0.4, -0.2) is 47.9 Å². The van der Waals surface area contributed by atoms with Crippen molar-refractivity contribution in [1.82, 2.24) is 0 Å². The van der Waals surface area contributed by atoms with E-state index in [1.807, 2.05) is 0 Å². The van der Waals surface area contributed by atoms with Crippen molar-refractivity contribution in [2.45, 2.75) is 110 Å². The molecule has 6 rings (SSSR count). The molecule has 34 heavy (non-hydrogen) atoms. The first kappa shape index (κ1) is 23.2. The number of aliphatic hydroxyl groups is 1. The molecule has 6 fully saturated rings. The molecule has 0 radical (unpaired) electrons. The molecule has 3 aliphatic heterocycles. The lowest BCUT2D eigenvalue weighted by atomic mass is 9.38. The zero-order chi connectivity index (χ0) is 24.1. The summed E-state index contributed by atoms with van der Waals surface area (Å²) in [4.78, 5) is 23.7. The molecule has 3 aliphatic carbocycles. The monoisotopic (exact) mass is 476 g/mol. The molecule has 7 heteroatoms. The summed E-state index contributed by atoms with van der Waals surface area (Å²) in [6.45, 7) is 9.30. The van der Waals surface area contributed by atoms with Gasteiger partial charge in [0.25, 0.3) is 0 Å². The summed E-state index contributed by atoms with van der Waals surface area (Å²) >= 11 is 0. The van der Waals surface area contributed by atoms with Crippen LogP contribution in [-0.2, 0) is 28.5 Å². The van der Waals surface area contributed by atoms with Gasteiger partial charge in [-0.2, -0.15) is 0 Å². The molecule has 0 aromatic rings. The molecular formula is C27H40O7. The second-order valence-electron chi connectivity index (χ2n) is 13.1. The zero-order valence-electron chi connectivity index (χ0n) is 21.0. The Balaban J connectivity index is 1.31. The van der Waals surface area contributed by atoms with E-state index in [9.17, 15) is 14.7 Å². The minimum absolute atomic E-state index is 0.0127. The van der Waals surface area contributed by atoms with E-state index >= 15 is 0 Å². The summed E-state index contributed by atoms with van der Waals surface area (Å²) in [6, 6.07) is 0. The third-order valence-corrected chi connectivity index (χ3v) is 11.5. The predicted molar refractivity (Wildman–Crippen MR) is 121 cm³/mol. The summed E-state index contributed by atoms with van der Waals surface area (Å²) in [5, 5.41) is 11.4. The molecule has 0 aromatic heterocycles. The molecule has 11 atom stereocenters. The van der Waals surface area contributed by atoms with Gasteiger partial charge in [0.15, 0.2) is 11.9 Å². The second kappa shape index (κ2) is 7.42. The van der Waals surface area contributed by atoms with Crippen molar-refractivity contribution in [3.8, 4) is 0 Å². The Labute approximate surface area is 202 Å². The first-order valence-electron chi connectivity index (χ1n) is 13.4. The number of carbonyl (C=O) groups is 2. The standard InChI is InChI=1S/C27H40O7/c1-15(28)31-14-24(2)9-5-10-26(4)18(24)8-11-25(3)17-12-20(29)27-13-21(30)32-23(27)33-22(34-27)16(17)6-7-19(25)26/h16-20,22-23,29H,5-14H2,1-4H3/t16-,17+,18-,19-,20+,22+,23+,24+,25-,26-,27-/m0/s1. The van der Waals surface area contributed by atoms with E-state index in [2.05, 4.69) is 20.8 Å². The highest BCUT2D eigenvalue weighted by molar-refractivity contribution is 5.74. The Morgan fingerprint density at radius 1 is 1.09 bits per heavy atom. The maximum atomic E-state index is 12.0. The Kier molecular flexibility index (Phi) is 5.07. The Morgan fingerprint density at radius 2 is 1.88 bits per heavy atom. The molecule has 190 valence electrons. The van der Waals surface area contributed by atoms with Gasteiger partial charge in [0, 0.05) is 18.3 Å². The van der Waals surface area contributed by atoms with E-state index in [0.29, 0.717) is 24.9 Å². The van der Waals surface area contributed by atoms with Gasteiger partial charge in [0.05, 0.1) is 19.1 Å². The Hall–Kier alpha value is -1.18. The van der Waals surface area contributed by atoms with Gasteiger partial charge in [-0.05, 0) is 73.5 Å². The van der Waals surface area contributed by atoms with Crippen LogP contribution in [0.25, 0.3) is 0 Å². The zero-order valence-corrected chi connectivity index (χ0v) is 21.0. The maximum Gasteiger partial charge on any atom is 0.311 e. The lowest BCUT2D eigenvalue weighted by Gasteiger charge is -2.67. The van der Waals surface area contributed by atoms with Crippen LogP contribution in [0.4, 0.5) is 0 Å². The van der Waals surface area contributed by atoms with E-state index in [4.69, 9.17) is 18.9 Å². The van der Waals surface area contributed by atoms with Gasteiger partial charge >= 0.3 is 11.9 Å². The van der Waals surface area contributed by atoms with Gasteiger partial charge in [-0.15, -0.1) is 0 Å². The molecule has 0 unspecified atom stereocenters. The molecular weight excluding hydrogens is 436 g/mol. The van der Waals surface area contributed by atoms with Crippen LogP contribution in [0.3, 0.4) is 0 Å². The summed E-state index contributed by atoms with van der Waals surface area (Å²) < 4.78 is 23.5. The van der Waals surface area contributed by atoms with Gasteiger partial charge < -0.3 is 24.1 Å². The highest BCUT2D eigenvalue weighted by Gasteiger charge is 2.70. The number of carbonyl (C=O) groups excluding carboxylic acids is 2. The van der Waals surface area contributed by atoms with Crippen molar-refractivity contribution in [3.05, 3.63) is 0 Å². The molecule has 2 bridgehead atoms. The quantitative estimate of drug-likeness (QED) is 0.603. The highest BCUT2D eigenvalue weighted by atomic mass is 16.8. The molecule has 3 heterocycles. The summed E-state index contributed by atoms with van der Waals surface area (Å²) in [7, 11) is 0. The SMILES string of the molecule is CC(=O)OC[C@@]1(C)CCC[C@]2(C)[C@H]3CC[C@@H]4[C@@H]5O[C@H]6OC(=O)C[C@]6(O5)[C@H](O)C[C@H]4[C@]3(C)CC[C@@H]12. The molecule has 1 N–H and O–H groups in total. The van der Waals surface area contributed by atoms with Gasteiger partial charge in [-0.25, -0.2) is 0 Å². The lowest BCUT2D eigenvalue weighted by Crippen LogP contribution is -2.61. The fourth-order valence-corrected chi connectivity index (χ4v) is 10.0. The van der Waals surface area contributed by atoms with Crippen LogP contribution >= 0.6 is 0 Å². The minimum atomic E-state index is -1.04. The van der Waals surface area contributed by atoms with Crippen molar-refractivity contribution in [2.24, 2.45) is 39.9 Å². The first-order chi connectivity index (χ1) is 16.0. The van der Waals surface area contributed by atoms with Crippen molar-refractivity contribution < 1.29 is 33.6 Å². The number of ether oxygens (including phenoxy) is 4. The number of aliphatic hydroxyl groups excluding tert-OH is 1. The number of fused-ring (bicyclic) bond motifs is 7. The molecule has 3 saturated heterocycles. The molecule has 0 aromatic carbocycles. The van der Waals surface area contributed by atoms with Crippen molar-refractivity contribution in [1.29, 1.82) is 0 Å². The molecule has 6 aliphatic rings. The number of hydrogen-bond acceptors (Lipinski definition) is 7. The van der Waals surface area contributed by atoms with Crippen molar-refractivity contribution in [2.75, 3.05) is 6.61 Å². The van der Waals surface area contributed by atoms with Crippen LogP contribution in [0.1, 0.15) is 85.5 Å². The van der Waals surface area contributed by atoms with E-state index in [1.54, 1.807) is 0 Å². The van der Waals surface area contributed by atoms with E-state index in [1.165, 1.54) is 13.3 Å². The minimum Gasteiger partial charge on any atom is -0.465 e.